The fourth-order valence-corrected chi connectivity index (χ4v) is 2.01. The molecule has 0 aliphatic carbocycles. The van der Waals surface area contributed by atoms with Crippen molar-refractivity contribution in [2.24, 2.45) is 5.92 Å². The molecule has 0 heterocycles. The Labute approximate surface area is 123 Å². The number of carbonyl (C=O) groups is 2. The topological polar surface area (TPSA) is 107 Å². The summed E-state index contributed by atoms with van der Waals surface area (Å²) in [6.45, 7) is 3.71. The van der Waals surface area contributed by atoms with Crippen LogP contribution in [0, 0.1) is 5.92 Å². The molecule has 0 bridgehead atoms. The Hall–Kier alpha value is -2.24. The summed E-state index contributed by atoms with van der Waals surface area (Å²) in [6.07, 6.45) is 1.57. The molecule has 0 aliphatic heterocycles. The van der Waals surface area contributed by atoms with Gasteiger partial charge in [0.1, 0.15) is 6.04 Å². The zero-order valence-corrected chi connectivity index (χ0v) is 12.2. The molecule has 6 heteroatoms. The summed E-state index contributed by atoms with van der Waals surface area (Å²) in [5.41, 5.74) is 0.515. The minimum absolute atomic E-state index is 0.0355. The number of phenolic OH excluding ortho intramolecular Hbond substituents is 2. The second-order valence-electron chi connectivity index (χ2n) is 5.12. The number of carboxylic acids is 1. The van der Waals surface area contributed by atoms with E-state index >= 15 is 0 Å². The van der Waals surface area contributed by atoms with Crippen molar-refractivity contribution < 1.29 is 24.9 Å². The number of aromatic hydroxyl groups is 2. The van der Waals surface area contributed by atoms with Gasteiger partial charge in [0.2, 0.25) is 5.91 Å². The van der Waals surface area contributed by atoms with Crippen molar-refractivity contribution in [2.75, 3.05) is 0 Å². The van der Waals surface area contributed by atoms with Gasteiger partial charge in [-0.15, -0.1) is 0 Å². The van der Waals surface area contributed by atoms with Crippen molar-refractivity contribution in [1.82, 2.24) is 5.32 Å². The van der Waals surface area contributed by atoms with E-state index in [4.69, 9.17) is 0 Å². The first-order chi connectivity index (χ1) is 9.85. The summed E-state index contributed by atoms with van der Waals surface area (Å²) in [6, 6.07) is 3.01. The summed E-state index contributed by atoms with van der Waals surface area (Å²) in [4.78, 5) is 23.1. The zero-order valence-electron chi connectivity index (χ0n) is 12.2. The minimum Gasteiger partial charge on any atom is -0.504 e. The van der Waals surface area contributed by atoms with Gasteiger partial charge in [-0.25, -0.2) is 4.79 Å². The molecule has 0 fully saturated rings. The van der Waals surface area contributed by atoms with Gasteiger partial charge in [0.25, 0.3) is 0 Å². The number of carboxylic acid groups (broad SMARTS) is 1. The molecule has 1 unspecified atom stereocenters. The maximum absolute atomic E-state index is 11.9. The van der Waals surface area contributed by atoms with Gasteiger partial charge in [-0.2, -0.15) is 0 Å². The number of rotatable bonds is 7. The highest BCUT2D eigenvalue weighted by Gasteiger charge is 2.23. The maximum Gasteiger partial charge on any atom is 0.326 e. The molecule has 0 spiro atoms. The van der Waals surface area contributed by atoms with Crippen LogP contribution in [0.15, 0.2) is 18.2 Å². The van der Waals surface area contributed by atoms with E-state index in [0.29, 0.717) is 12.0 Å². The second-order valence-corrected chi connectivity index (χ2v) is 5.12. The molecule has 116 valence electrons. The third kappa shape index (κ3) is 4.98. The third-order valence-electron chi connectivity index (χ3n) is 3.26. The van der Waals surface area contributed by atoms with Crippen LogP contribution in [0.25, 0.3) is 0 Å². The van der Waals surface area contributed by atoms with Crippen LogP contribution in [0.5, 0.6) is 11.5 Å². The van der Waals surface area contributed by atoms with Crippen LogP contribution in [0.3, 0.4) is 0 Å². The summed E-state index contributed by atoms with van der Waals surface area (Å²) < 4.78 is 0. The lowest BCUT2D eigenvalue weighted by molar-refractivity contribution is -0.142. The average molecular weight is 295 g/mol. The number of aliphatic carboxylic acids is 1. The van der Waals surface area contributed by atoms with E-state index in [2.05, 4.69) is 5.32 Å². The van der Waals surface area contributed by atoms with Crippen molar-refractivity contribution >= 4 is 11.9 Å². The number of benzene rings is 1. The van der Waals surface area contributed by atoms with Crippen molar-refractivity contribution in [3.8, 4) is 11.5 Å². The predicted molar refractivity (Wildman–Crippen MR) is 77.1 cm³/mol. The number of nitrogens with one attached hydrogen (secondary N) is 1. The summed E-state index contributed by atoms with van der Waals surface area (Å²) in [5, 5.41) is 30.3. The van der Waals surface area contributed by atoms with E-state index in [1.165, 1.54) is 18.2 Å². The molecular formula is C15H21NO5. The Morgan fingerprint density at radius 2 is 1.90 bits per heavy atom. The van der Waals surface area contributed by atoms with Crippen LogP contribution < -0.4 is 5.32 Å². The second kappa shape index (κ2) is 7.52. The van der Waals surface area contributed by atoms with Gasteiger partial charge < -0.3 is 20.6 Å². The van der Waals surface area contributed by atoms with E-state index in [-0.39, 0.29) is 29.7 Å². The Kier molecular flexibility index (Phi) is 6.02. The van der Waals surface area contributed by atoms with Gasteiger partial charge >= 0.3 is 5.97 Å². The van der Waals surface area contributed by atoms with Crippen LogP contribution in [-0.4, -0.2) is 33.2 Å². The lowest BCUT2D eigenvalue weighted by atomic mass is 10.0. The van der Waals surface area contributed by atoms with Gasteiger partial charge in [0.15, 0.2) is 11.5 Å². The fraction of sp³-hybridized carbons (Fsp3) is 0.467. The highest BCUT2D eigenvalue weighted by molar-refractivity contribution is 5.85. The smallest absolute Gasteiger partial charge is 0.326 e. The van der Waals surface area contributed by atoms with Crippen molar-refractivity contribution in [3.05, 3.63) is 23.8 Å². The molecule has 0 aliphatic rings. The molecule has 1 aromatic rings. The number of amides is 1. The standard InChI is InChI=1S/C15H21NO5/c1-3-4-9(2)14(19)16-11(15(20)21)7-10-5-6-12(17)13(18)8-10/h5-6,8-9,11,17-18H,3-4,7H2,1-2H3,(H,16,19)(H,20,21)/t9?,11-/m0/s1. The Balaban J connectivity index is 2.76. The number of hydrogen-bond acceptors (Lipinski definition) is 4. The van der Waals surface area contributed by atoms with Gasteiger partial charge in [0, 0.05) is 12.3 Å². The monoisotopic (exact) mass is 295 g/mol. The maximum atomic E-state index is 11.9. The van der Waals surface area contributed by atoms with Gasteiger partial charge in [-0.05, 0) is 24.1 Å². The Morgan fingerprint density at radius 3 is 2.43 bits per heavy atom. The lowest BCUT2D eigenvalue weighted by Gasteiger charge is -2.18. The highest BCUT2D eigenvalue weighted by Crippen LogP contribution is 2.25. The number of phenols is 2. The molecule has 1 aromatic carbocycles. The average Bonchev–Trinajstić information content (AvgIpc) is 2.42. The third-order valence-corrected chi connectivity index (χ3v) is 3.26. The molecule has 1 rings (SSSR count). The molecule has 4 N–H and O–H groups in total. The number of carbonyl (C=O) groups excluding carboxylic acids is 1. The molecule has 0 aromatic heterocycles. The van der Waals surface area contributed by atoms with Gasteiger partial charge in [0.05, 0.1) is 0 Å². The van der Waals surface area contributed by atoms with E-state index in [1.807, 2.05) is 6.92 Å². The largest absolute Gasteiger partial charge is 0.504 e. The molecule has 0 saturated heterocycles. The summed E-state index contributed by atoms with van der Waals surface area (Å²) in [7, 11) is 0. The molecular weight excluding hydrogens is 274 g/mol. The lowest BCUT2D eigenvalue weighted by Crippen LogP contribution is -2.44. The van der Waals surface area contributed by atoms with Crippen LogP contribution in [-0.2, 0) is 16.0 Å². The van der Waals surface area contributed by atoms with E-state index in [1.54, 1.807) is 6.92 Å². The van der Waals surface area contributed by atoms with Crippen molar-refractivity contribution in [1.29, 1.82) is 0 Å². The number of hydrogen-bond donors (Lipinski definition) is 4. The normalized spacial score (nSPS) is 13.4. The van der Waals surface area contributed by atoms with Crippen LogP contribution in [0.2, 0.25) is 0 Å². The predicted octanol–water partition coefficient (Wildman–Crippen LogP) is 1.65. The SMILES string of the molecule is CCCC(C)C(=O)N[C@@H](Cc1ccc(O)c(O)c1)C(=O)O. The van der Waals surface area contributed by atoms with E-state index in [9.17, 15) is 24.9 Å². The van der Waals surface area contributed by atoms with E-state index < -0.39 is 12.0 Å². The Morgan fingerprint density at radius 1 is 1.24 bits per heavy atom. The first kappa shape index (κ1) is 16.8. The first-order valence-corrected chi connectivity index (χ1v) is 6.89. The molecule has 2 atom stereocenters. The Bertz CT molecular complexity index is 515. The van der Waals surface area contributed by atoms with Gasteiger partial charge in [-0.3, -0.25) is 4.79 Å². The fourth-order valence-electron chi connectivity index (χ4n) is 2.01. The summed E-state index contributed by atoms with van der Waals surface area (Å²) >= 11 is 0. The van der Waals surface area contributed by atoms with Gasteiger partial charge in [-0.1, -0.05) is 26.3 Å². The first-order valence-electron chi connectivity index (χ1n) is 6.89. The molecule has 6 nitrogen and oxygen atoms in total. The van der Waals surface area contributed by atoms with Crippen LogP contribution in [0.1, 0.15) is 32.3 Å². The molecule has 1 amide bonds. The van der Waals surface area contributed by atoms with Crippen molar-refractivity contribution in [3.63, 3.8) is 0 Å². The molecule has 0 radical (unpaired) electrons. The quantitative estimate of drug-likeness (QED) is 0.572. The van der Waals surface area contributed by atoms with Crippen LogP contribution in [0.4, 0.5) is 0 Å². The summed E-state index contributed by atoms with van der Waals surface area (Å²) in [5.74, 6) is -2.27. The van der Waals surface area contributed by atoms with Crippen molar-refractivity contribution in [2.45, 2.75) is 39.2 Å². The van der Waals surface area contributed by atoms with Crippen LogP contribution >= 0.6 is 0 Å². The highest BCUT2D eigenvalue weighted by atomic mass is 16.4. The molecule has 0 saturated carbocycles. The van der Waals surface area contributed by atoms with E-state index in [0.717, 1.165) is 6.42 Å². The zero-order chi connectivity index (χ0) is 16.0. The minimum atomic E-state index is -1.14. The molecule has 21 heavy (non-hydrogen) atoms.